The first kappa shape index (κ1) is 12.7. The Morgan fingerprint density at radius 1 is 1.35 bits per heavy atom. The maximum absolute atomic E-state index is 11.9. The molecule has 0 aromatic heterocycles. The van der Waals surface area contributed by atoms with Gasteiger partial charge in [-0.25, -0.2) is 0 Å². The molecule has 1 aromatic rings. The Morgan fingerprint density at radius 2 is 2.12 bits per heavy atom. The Balaban J connectivity index is 1.88. The summed E-state index contributed by atoms with van der Waals surface area (Å²) in [7, 11) is 0. The van der Waals surface area contributed by atoms with Gasteiger partial charge in [-0.1, -0.05) is 23.7 Å². The van der Waals surface area contributed by atoms with Crippen LogP contribution in [0.4, 0.5) is 0 Å². The summed E-state index contributed by atoms with van der Waals surface area (Å²) in [6.45, 7) is 0.688. The average molecular weight is 272 g/mol. The molecule has 0 radical (unpaired) electrons. The lowest BCUT2D eigenvalue weighted by molar-refractivity contribution is 0.0947. The van der Waals surface area contributed by atoms with Crippen LogP contribution in [-0.2, 0) is 0 Å². The van der Waals surface area contributed by atoms with Crippen LogP contribution in [0.25, 0.3) is 0 Å². The summed E-state index contributed by atoms with van der Waals surface area (Å²) in [6.07, 6.45) is 3.13. The van der Waals surface area contributed by atoms with Gasteiger partial charge < -0.3 is 5.32 Å². The average Bonchev–Trinajstić information content (AvgIpc) is 2.73. The van der Waals surface area contributed by atoms with E-state index in [0.29, 0.717) is 23.0 Å². The Hall–Kier alpha value is -0.730. The standard InChI is InChI=1S/C13H15Cl2NO/c14-10-6-5-9(7-10)8-16-13(17)11-3-1-2-4-12(11)15/h1-4,9-10H,5-8H2,(H,16,17). The SMILES string of the molecule is O=C(NCC1CCC(Cl)C1)c1ccccc1Cl. The molecule has 17 heavy (non-hydrogen) atoms. The summed E-state index contributed by atoms with van der Waals surface area (Å²) in [5.74, 6) is 0.401. The molecule has 1 aromatic carbocycles. The summed E-state index contributed by atoms with van der Waals surface area (Å²) in [4.78, 5) is 11.9. The molecule has 0 heterocycles. The number of carbonyl (C=O) groups is 1. The third-order valence-electron chi connectivity index (χ3n) is 3.15. The van der Waals surface area contributed by atoms with Gasteiger partial charge >= 0.3 is 0 Å². The van der Waals surface area contributed by atoms with Crippen molar-refractivity contribution in [1.29, 1.82) is 0 Å². The van der Waals surface area contributed by atoms with Crippen molar-refractivity contribution in [3.05, 3.63) is 34.9 Å². The Labute approximate surface area is 111 Å². The highest BCUT2D eigenvalue weighted by Crippen LogP contribution is 2.28. The molecule has 1 aliphatic carbocycles. The first-order valence-electron chi connectivity index (χ1n) is 5.83. The predicted octanol–water partition coefficient (Wildman–Crippen LogP) is 3.48. The molecule has 1 N–H and O–H groups in total. The molecule has 2 nitrogen and oxygen atoms in total. The Bertz CT molecular complexity index is 408. The second-order valence-electron chi connectivity index (χ2n) is 4.47. The van der Waals surface area contributed by atoms with Crippen molar-refractivity contribution in [2.24, 2.45) is 5.92 Å². The van der Waals surface area contributed by atoms with Crippen molar-refractivity contribution in [2.75, 3.05) is 6.54 Å². The van der Waals surface area contributed by atoms with Crippen molar-refractivity contribution in [3.8, 4) is 0 Å². The molecule has 0 spiro atoms. The van der Waals surface area contributed by atoms with Gasteiger partial charge in [-0.05, 0) is 37.3 Å². The summed E-state index contributed by atoms with van der Waals surface area (Å²) in [5.41, 5.74) is 0.537. The van der Waals surface area contributed by atoms with Crippen molar-refractivity contribution in [1.82, 2.24) is 5.32 Å². The van der Waals surface area contributed by atoms with Crippen molar-refractivity contribution < 1.29 is 4.79 Å². The summed E-state index contributed by atoms with van der Waals surface area (Å²) < 4.78 is 0. The van der Waals surface area contributed by atoms with E-state index < -0.39 is 0 Å². The van der Waals surface area contributed by atoms with Crippen LogP contribution < -0.4 is 5.32 Å². The fourth-order valence-electron chi connectivity index (χ4n) is 2.18. The van der Waals surface area contributed by atoms with Gasteiger partial charge in [0.15, 0.2) is 0 Å². The van der Waals surface area contributed by atoms with Gasteiger partial charge in [0.25, 0.3) is 5.91 Å². The van der Waals surface area contributed by atoms with E-state index in [1.54, 1.807) is 12.1 Å². The molecule has 1 aliphatic rings. The fraction of sp³-hybridized carbons (Fsp3) is 0.462. The molecule has 2 rings (SSSR count). The molecule has 1 amide bonds. The second-order valence-corrected chi connectivity index (χ2v) is 5.49. The zero-order chi connectivity index (χ0) is 12.3. The third-order valence-corrected chi connectivity index (χ3v) is 3.87. The smallest absolute Gasteiger partial charge is 0.252 e. The minimum Gasteiger partial charge on any atom is -0.352 e. The lowest BCUT2D eigenvalue weighted by atomic mass is 10.1. The third kappa shape index (κ3) is 3.36. The lowest BCUT2D eigenvalue weighted by Crippen LogP contribution is -2.28. The van der Waals surface area contributed by atoms with Gasteiger partial charge in [0.1, 0.15) is 0 Å². The number of halogens is 2. The highest BCUT2D eigenvalue weighted by molar-refractivity contribution is 6.33. The first-order valence-corrected chi connectivity index (χ1v) is 6.65. The molecule has 0 aliphatic heterocycles. The van der Waals surface area contributed by atoms with E-state index in [4.69, 9.17) is 23.2 Å². The van der Waals surface area contributed by atoms with Gasteiger partial charge in [0, 0.05) is 11.9 Å². The van der Waals surface area contributed by atoms with E-state index in [0.717, 1.165) is 19.3 Å². The number of hydrogen-bond donors (Lipinski definition) is 1. The molecule has 2 atom stereocenters. The highest BCUT2D eigenvalue weighted by Gasteiger charge is 2.23. The molecule has 2 unspecified atom stereocenters. The van der Waals surface area contributed by atoms with E-state index in [1.165, 1.54) is 0 Å². The predicted molar refractivity (Wildman–Crippen MR) is 70.8 cm³/mol. The monoisotopic (exact) mass is 271 g/mol. The number of nitrogens with one attached hydrogen (secondary N) is 1. The van der Waals surface area contributed by atoms with E-state index in [1.807, 2.05) is 12.1 Å². The van der Waals surface area contributed by atoms with E-state index in [2.05, 4.69) is 5.32 Å². The van der Waals surface area contributed by atoms with E-state index >= 15 is 0 Å². The number of hydrogen-bond acceptors (Lipinski definition) is 1. The van der Waals surface area contributed by atoms with Crippen molar-refractivity contribution in [3.63, 3.8) is 0 Å². The number of rotatable bonds is 3. The Morgan fingerprint density at radius 3 is 2.76 bits per heavy atom. The first-order chi connectivity index (χ1) is 8.16. The topological polar surface area (TPSA) is 29.1 Å². The maximum Gasteiger partial charge on any atom is 0.252 e. The second kappa shape index (κ2) is 5.74. The minimum absolute atomic E-state index is 0.103. The van der Waals surface area contributed by atoms with Crippen LogP contribution in [0.2, 0.25) is 5.02 Å². The van der Waals surface area contributed by atoms with Crippen LogP contribution in [0.15, 0.2) is 24.3 Å². The quantitative estimate of drug-likeness (QED) is 0.838. The molecule has 4 heteroatoms. The van der Waals surface area contributed by atoms with Crippen molar-refractivity contribution in [2.45, 2.75) is 24.6 Å². The highest BCUT2D eigenvalue weighted by atomic mass is 35.5. The van der Waals surface area contributed by atoms with Gasteiger partial charge in [-0.2, -0.15) is 0 Å². The zero-order valence-electron chi connectivity index (χ0n) is 9.46. The number of carbonyl (C=O) groups excluding carboxylic acids is 1. The molecule has 1 fully saturated rings. The molecular formula is C13H15Cl2NO. The Kier molecular flexibility index (Phi) is 4.30. The molecule has 0 bridgehead atoms. The normalized spacial score (nSPS) is 23.6. The van der Waals surface area contributed by atoms with E-state index in [-0.39, 0.29) is 11.3 Å². The number of benzene rings is 1. The molecule has 0 saturated heterocycles. The van der Waals surface area contributed by atoms with E-state index in [9.17, 15) is 4.79 Å². The number of alkyl halides is 1. The molecular weight excluding hydrogens is 257 g/mol. The summed E-state index contributed by atoms with van der Waals surface area (Å²) in [5, 5.41) is 3.69. The minimum atomic E-state index is -0.103. The van der Waals surface area contributed by atoms with Crippen LogP contribution in [-0.4, -0.2) is 17.8 Å². The van der Waals surface area contributed by atoms with Crippen LogP contribution >= 0.6 is 23.2 Å². The largest absolute Gasteiger partial charge is 0.352 e. The lowest BCUT2D eigenvalue weighted by Gasteiger charge is -2.11. The zero-order valence-corrected chi connectivity index (χ0v) is 11.0. The van der Waals surface area contributed by atoms with Gasteiger partial charge in [0.05, 0.1) is 10.6 Å². The fourth-order valence-corrected chi connectivity index (χ4v) is 2.78. The van der Waals surface area contributed by atoms with Crippen LogP contribution in [0.5, 0.6) is 0 Å². The van der Waals surface area contributed by atoms with Gasteiger partial charge in [-0.15, -0.1) is 11.6 Å². The van der Waals surface area contributed by atoms with Crippen LogP contribution in [0, 0.1) is 5.92 Å². The van der Waals surface area contributed by atoms with Gasteiger partial charge in [-0.3, -0.25) is 4.79 Å². The van der Waals surface area contributed by atoms with Crippen LogP contribution in [0.1, 0.15) is 29.6 Å². The number of amides is 1. The molecule has 1 saturated carbocycles. The van der Waals surface area contributed by atoms with Gasteiger partial charge in [0.2, 0.25) is 0 Å². The molecule has 92 valence electrons. The summed E-state index contributed by atoms with van der Waals surface area (Å²) in [6, 6.07) is 7.08. The summed E-state index contributed by atoms with van der Waals surface area (Å²) >= 11 is 12.0. The maximum atomic E-state index is 11.9. The van der Waals surface area contributed by atoms with Crippen LogP contribution in [0.3, 0.4) is 0 Å². The van der Waals surface area contributed by atoms with Crippen molar-refractivity contribution >= 4 is 29.1 Å².